The minimum atomic E-state index is -4.41. The molecular formula is C14H17F3N4. The number of hydrogen-bond donors (Lipinski definition) is 1. The van der Waals surface area contributed by atoms with Crippen molar-refractivity contribution in [3.8, 4) is 0 Å². The second kappa shape index (κ2) is 6.26. The largest absolute Gasteiger partial charge is 0.416 e. The monoisotopic (exact) mass is 298 g/mol. The first-order valence-electron chi connectivity index (χ1n) is 6.67. The van der Waals surface area contributed by atoms with Gasteiger partial charge < -0.3 is 5.32 Å². The fourth-order valence-electron chi connectivity index (χ4n) is 2.22. The minimum Gasteiger partial charge on any atom is -0.305 e. The molecule has 0 aromatic carbocycles. The molecule has 7 heteroatoms. The lowest BCUT2D eigenvalue weighted by Gasteiger charge is -2.22. The molecule has 2 rings (SSSR count). The fraction of sp³-hybridized carbons (Fsp3) is 0.429. The maximum absolute atomic E-state index is 13.2. The Hall–Kier alpha value is -1.89. The van der Waals surface area contributed by atoms with Crippen LogP contribution in [0.1, 0.15) is 36.2 Å². The quantitative estimate of drug-likeness (QED) is 0.923. The summed E-state index contributed by atoms with van der Waals surface area (Å²) in [6.45, 7) is 2.56. The predicted molar refractivity (Wildman–Crippen MR) is 72.6 cm³/mol. The van der Waals surface area contributed by atoms with Crippen molar-refractivity contribution in [3.05, 3.63) is 47.5 Å². The van der Waals surface area contributed by atoms with Crippen molar-refractivity contribution in [2.75, 3.05) is 6.54 Å². The Labute approximate surface area is 121 Å². The second-order valence-corrected chi connectivity index (χ2v) is 4.73. The molecule has 2 aromatic heterocycles. The fourth-order valence-corrected chi connectivity index (χ4v) is 2.22. The Kier molecular flexibility index (Phi) is 4.62. The van der Waals surface area contributed by atoms with E-state index in [0.29, 0.717) is 12.2 Å². The molecule has 0 bridgehead atoms. The summed E-state index contributed by atoms with van der Waals surface area (Å²) in [7, 11) is 1.71. The molecule has 2 heterocycles. The zero-order valence-corrected chi connectivity index (χ0v) is 11.9. The van der Waals surface area contributed by atoms with Gasteiger partial charge in [-0.25, -0.2) is 0 Å². The number of aryl methyl sites for hydroxylation is 1. The lowest BCUT2D eigenvalue weighted by Crippen LogP contribution is -2.27. The lowest BCUT2D eigenvalue weighted by atomic mass is 9.99. The first-order chi connectivity index (χ1) is 9.95. The van der Waals surface area contributed by atoms with Crippen molar-refractivity contribution >= 4 is 0 Å². The van der Waals surface area contributed by atoms with Gasteiger partial charge in [0, 0.05) is 31.2 Å². The molecule has 4 nitrogen and oxygen atoms in total. The highest BCUT2D eigenvalue weighted by Crippen LogP contribution is 2.35. The summed E-state index contributed by atoms with van der Waals surface area (Å²) in [6, 6.07) is 2.12. The van der Waals surface area contributed by atoms with Crippen molar-refractivity contribution in [3.63, 3.8) is 0 Å². The number of nitrogens with one attached hydrogen (secondary N) is 1. The molecule has 0 aliphatic carbocycles. The molecule has 0 aliphatic heterocycles. The highest BCUT2D eigenvalue weighted by Gasteiger charge is 2.36. The van der Waals surface area contributed by atoms with Crippen LogP contribution in [0.15, 0.2) is 30.7 Å². The number of nitrogens with zero attached hydrogens (tertiary/aromatic N) is 3. The Morgan fingerprint density at radius 3 is 2.62 bits per heavy atom. The molecule has 0 aliphatic rings. The average molecular weight is 298 g/mol. The normalized spacial score (nSPS) is 13.4. The van der Waals surface area contributed by atoms with Gasteiger partial charge in [0.2, 0.25) is 0 Å². The average Bonchev–Trinajstić information content (AvgIpc) is 2.85. The Bertz CT molecular complexity index is 592. The summed E-state index contributed by atoms with van der Waals surface area (Å²) in [5.41, 5.74) is 0.108. The van der Waals surface area contributed by atoms with Gasteiger partial charge in [0.15, 0.2) is 0 Å². The molecular weight excluding hydrogens is 281 g/mol. The van der Waals surface area contributed by atoms with E-state index in [2.05, 4.69) is 15.4 Å². The van der Waals surface area contributed by atoms with Crippen LogP contribution < -0.4 is 5.32 Å². The third-order valence-corrected chi connectivity index (χ3v) is 3.22. The van der Waals surface area contributed by atoms with Crippen LogP contribution >= 0.6 is 0 Å². The van der Waals surface area contributed by atoms with E-state index in [0.717, 1.165) is 18.7 Å². The highest BCUT2D eigenvalue weighted by atomic mass is 19.4. The van der Waals surface area contributed by atoms with Gasteiger partial charge in [-0.1, -0.05) is 6.92 Å². The number of pyridine rings is 1. The SMILES string of the molecule is CCCNC(c1cnccc1C(F)(F)F)c1ccnn1C. The van der Waals surface area contributed by atoms with Crippen LogP contribution in [0.3, 0.4) is 0 Å². The second-order valence-electron chi connectivity index (χ2n) is 4.73. The number of aromatic nitrogens is 3. The molecule has 21 heavy (non-hydrogen) atoms. The summed E-state index contributed by atoms with van der Waals surface area (Å²) in [6.07, 6.45) is 0.397. The molecule has 0 saturated heterocycles. The van der Waals surface area contributed by atoms with Crippen LogP contribution in [0.5, 0.6) is 0 Å². The van der Waals surface area contributed by atoms with Gasteiger partial charge in [0.05, 0.1) is 17.3 Å². The van der Waals surface area contributed by atoms with E-state index in [1.54, 1.807) is 24.0 Å². The number of alkyl halides is 3. The molecule has 2 aromatic rings. The van der Waals surface area contributed by atoms with Crippen LogP contribution in [-0.4, -0.2) is 21.3 Å². The van der Waals surface area contributed by atoms with E-state index in [1.165, 1.54) is 6.20 Å². The number of hydrogen-bond acceptors (Lipinski definition) is 3. The summed E-state index contributed by atoms with van der Waals surface area (Å²) < 4.78 is 41.2. The molecule has 0 radical (unpaired) electrons. The maximum Gasteiger partial charge on any atom is 0.416 e. The van der Waals surface area contributed by atoms with Gasteiger partial charge >= 0.3 is 6.18 Å². The van der Waals surface area contributed by atoms with Crippen LogP contribution in [0.4, 0.5) is 13.2 Å². The van der Waals surface area contributed by atoms with Crippen molar-refractivity contribution in [2.45, 2.75) is 25.6 Å². The molecule has 1 atom stereocenters. The number of rotatable bonds is 5. The van der Waals surface area contributed by atoms with E-state index in [1.807, 2.05) is 6.92 Å². The van der Waals surface area contributed by atoms with E-state index < -0.39 is 17.8 Å². The molecule has 0 saturated carbocycles. The summed E-state index contributed by atoms with van der Waals surface area (Å²) in [4.78, 5) is 3.86. The van der Waals surface area contributed by atoms with Crippen LogP contribution in [-0.2, 0) is 13.2 Å². The van der Waals surface area contributed by atoms with E-state index >= 15 is 0 Å². The Balaban J connectivity index is 2.50. The molecule has 0 amide bonds. The highest BCUT2D eigenvalue weighted by molar-refractivity contribution is 5.34. The minimum absolute atomic E-state index is 0.113. The first kappa shape index (κ1) is 15.5. The van der Waals surface area contributed by atoms with Crippen molar-refractivity contribution in [1.29, 1.82) is 0 Å². The summed E-state index contributed by atoms with van der Waals surface area (Å²) >= 11 is 0. The van der Waals surface area contributed by atoms with Gasteiger partial charge in [0.1, 0.15) is 0 Å². The molecule has 114 valence electrons. The zero-order valence-electron chi connectivity index (χ0n) is 11.9. The van der Waals surface area contributed by atoms with E-state index in [9.17, 15) is 13.2 Å². The predicted octanol–water partition coefficient (Wildman–Crippen LogP) is 2.92. The van der Waals surface area contributed by atoms with Gasteiger partial charge in [-0.15, -0.1) is 0 Å². The smallest absolute Gasteiger partial charge is 0.305 e. The van der Waals surface area contributed by atoms with E-state index in [4.69, 9.17) is 0 Å². The van der Waals surface area contributed by atoms with Crippen molar-refractivity contribution in [1.82, 2.24) is 20.1 Å². The number of halogens is 3. The first-order valence-corrected chi connectivity index (χ1v) is 6.67. The van der Waals surface area contributed by atoms with E-state index in [-0.39, 0.29) is 5.56 Å². The van der Waals surface area contributed by atoms with Crippen LogP contribution in [0, 0.1) is 0 Å². The van der Waals surface area contributed by atoms with Crippen LogP contribution in [0.25, 0.3) is 0 Å². The Morgan fingerprint density at radius 2 is 2.05 bits per heavy atom. The van der Waals surface area contributed by atoms with Crippen LogP contribution in [0.2, 0.25) is 0 Å². The third-order valence-electron chi connectivity index (χ3n) is 3.22. The third kappa shape index (κ3) is 3.41. The maximum atomic E-state index is 13.2. The lowest BCUT2D eigenvalue weighted by molar-refractivity contribution is -0.138. The molecule has 0 spiro atoms. The van der Waals surface area contributed by atoms with Gasteiger partial charge in [-0.2, -0.15) is 18.3 Å². The zero-order chi connectivity index (χ0) is 15.5. The van der Waals surface area contributed by atoms with Gasteiger partial charge in [0.25, 0.3) is 0 Å². The van der Waals surface area contributed by atoms with Gasteiger partial charge in [-0.05, 0) is 25.1 Å². The topological polar surface area (TPSA) is 42.7 Å². The molecule has 1 N–H and O–H groups in total. The van der Waals surface area contributed by atoms with Crippen molar-refractivity contribution in [2.24, 2.45) is 7.05 Å². The standard InChI is InChI=1S/C14H17F3N4/c1-3-6-19-13(12-5-8-20-21(12)2)10-9-18-7-4-11(10)14(15,16)17/h4-5,7-9,13,19H,3,6H2,1-2H3. The van der Waals surface area contributed by atoms with Gasteiger partial charge in [-0.3, -0.25) is 9.67 Å². The summed E-state index contributed by atoms with van der Waals surface area (Å²) in [5.74, 6) is 0. The van der Waals surface area contributed by atoms with Crippen molar-refractivity contribution < 1.29 is 13.2 Å². The Morgan fingerprint density at radius 1 is 1.29 bits per heavy atom. The summed E-state index contributed by atoms with van der Waals surface area (Å²) in [5, 5.41) is 7.18. The molecule has 1 unspecified atom stereocenters. The molecule has 0 fully saturated rings.